The quantitative estimate of drug-likeness (QED) is 0.111. The first-order valence-corrected chi connectivity index (χ1v) is 15.5. The fourth-order valence-corrected chi connectivity index (χ4v) is 7.61. The first kappa shape index (κ1) is 33.4. The van der Waals surface area contributed by atoms with Gasteiger partial charge in [-0.1, -0.05) is 20.8 Å². The SMILES string of the molecule is CC[C@H]1c2cc3[nH]c4c(c3C)C(=O)[C@H](C(=O)OC)c4c3nc(cc4[nH]c(cc(n2)[C@@H]1C)c(C(C)=O)c4C)[C@@H](C)[C@@H]3CCC(=O)O.[Pd+2]. The van der Waals surface area contributed by atoms with E-state index in [0.29, 0.717) is 50.2 Å². The molecule has 3 aliphatic rings. The number of hydrogen-bond acceptors (Lipinski definition) is 7. The van der Waals surface area contributed by atoms with Gasteiger partial charge in [0, 0.05) is 74.9 Å². The van der Waals surface area contributed by atoms with Crippen LogP contribution in [0.25, 0.3) is 22.1 Å². The summed E-state index contributed by atoms with van der Waals surface area (Å²) in [5, 5.41) is 9.60. The van der Waals surface area contributed by atoms with Crippen LogP contribution in [0.1, 0.15) is 137 Å². The van der Waals surface area contributed by atoms with E-state index in [-0.39, 0.29) is 68.5 Å². The molecular weight excluding hydrogens is 679 g/mol. The zero-order valence-electron chi connectivity index (χ0n) is 26.9. The number of carboxylic acids is 1. The molecule has 11 heteroatoms. The molecule has 8 bridgehead atoms. The molecule has 6 rings (SSSR count). The van der Waals surface area contributed by atoms with Gasteiger partial charge in [0.1, 0.15) is 5.92 Å². The van der Waals surface area contributed by atoms with Gasteiger partial charge in [0.05, 0.1) is 23.8 Å². The van der Waals surface area contributed by atoms with E-state index in [2.05, 4.69) is 23.8 Å². The average Bonchev–Trinajstić information content (AvgIpc) is 3.72. The van der Waals surface area contributed by atoms with Crippen LogP contribution in [0, 0.1) is 13.8 Å². The van der Waals surface area contributed by atoms with Crippen molar-refractivity contribution in [3.05, 3.63) is 68.8 Å². The summed E-state index contributed by atoms with van der Waals surface area (Å²) in [5.41, 5.74) is 8.46. The minimum Gasteiger partial charge on any atom is -0.481 e. The van der Waals surface area contributed by atoms with Crippen LogP contribution >= 0.6 is 0 Å². The Morgan fingerprint density at radius 3 is 2.15 bits per heavy atom. The van der Waals surface area contributed by atoms with Crippen LogP contribution in [0.2, 0.25) is 0 Å². The molecule has 3 N–H and O–H groups in total. The van der Waals surface area contributed by atoms with E-state index in [4.69, 9.17) is 14.7 Å². The zero-order chi connectivity index (χ0) is 32.5. The Kier molecular flexibility index (Phi) is 8.97. The number of nitrogens with one attached hydrogen (secondary N) is 2. The van der Waals surface area contributed by atoms with Crippen molar-refractivity contribution in [1.29, 1.82) is 0 Å². The fraction of sp³-hybridized carbons (Fsp3) is 0.429. The Balaban J connectivity index is 0.00000417. The largest absolute Gasteiger partial charge is 2.00 e. The maximum Gasteiger partial charge on any atom is 2.00 e. The van der Waals surface area contributed by atoms with Gasteiger partial charge in [-0.15, -0.1) is 0 Å². The summed E-state index contributed by atoms with van der Waals surface area (Å²) in [4.78, 5) is 68.9. The number of aliphatic carboxylic acids is 1. The number of aromatic amines is 2. The van der Waals surface area contributed by atoms with Gasteiger partial charge in [-0.25, -0.2) is 0 Å². The normalized spacial score (nSPS) is 21.6. The van der Waals surface area contributed by atoms with Crippen molar-refractivity contribution >= 4 is 45.6 Å². The van der Waals surface area contributed by atoms with Crippen molar-refractivity contribution in [3.63, 3.8) is 0 Å². The number of ether oxygens (including phenoxy) is 1. The van der Waals surface area contributed by atoms with Gasteiger partial charge in [-0.3, -0.25) is 29.1 Å². The summed E-state index contributed by atoms with van der Waals surface area (Å²) < 4.78 is 5.13. The van der Waals surface area contributed by atoms with E-state index in [1.165, 1.54) is 7.11 Å². The van der Waals surface area contributed by atoms with Crippen LogP contribution in [0.5, 0.6) is 0 Å². The monoisotopic (exact) mass is 716 g/mol. The van der Waals surface area contributed by atoms with Gasteiger partial charge in [0.15, 0.2) is 11.6 Å². The number of aromatic nitrogens is 4. The van der Waals surface area contributed by atoms with Gasteiger partial charge < -0.3 is 19.8 Å². The minimum atomic E-state index is -1.22. The van der Waals surface area contributed by atoms with Crippen LogP contribution < -0.4 is 0 Å². The Bertz CT molecular complexity index is 1970. The molecule has 0 fully saturated rings. The maximum atomic E-state index is 14.0. The third-order valence-corrected chi connectivity index (χ3v) is 10.1. The minimum absolute atomic E-state index is 0. The van der Waals surface area contributed by atoms with E-state index in [9.17, 15) is 24.3 Å². The summed E-state index contributed by atoms with van der Waals surface area (Å²) >= 11 is 0. The smallest absolute Gasteiger partial charge is 0.481 e. The summed E-state index contributed by atoms with van der Waals surface area (Å²) in [6.07, 6.45) is 0.999. The number of hydrogen-bond donors (Lipinski definition) is 3. The number of carbonyl (C=O) groups is 4. The topological polar surface area (TPSA) is 155 Å². The molecule has 5 heterocycles. The molecule has 2 aliphatic heterocycles. The number of rotatable bonds is 6. The van der Waals surface area contributed by atoms with E-state index in [1.807, 2.05) is 39.0 Å². The standard InChI is InChI=1S/C35H38N4O6.Pd/c1-8-19-14(2)21-13-26-28(18(6)40)16(4)23(37-26)11-22-15(3)20(9-10-27(41)42)32(38-22)30-31(35(44)45-7)34(43)29-17(5)24(39-33(29)30)12-25(19)36-21;/h11-15,19-20,31,37,39H,8-10H2,1-7H3,(H,41,42);/q;+2/t14-,15+,19-,20+,31-;/m1./s1. The number of carboxylic acid groups (broad SMARTS) is 1. The van der Waals surface area contributed by atoms with E-state index >= 15 is 0 Å². The van der Waals surface area contributed by atoms with Gasteiger partial charge in [-0.05, 0) is 62.9 Å². The number of aryl methyl sites for hydroxylation is 2. The number of esters is 1. The molecule has 0 saturated heterocycles. The first-order chi connectivity index (χ1) is 21.4. The Morgan fingerprint density at radius 2 is 1.52 bits per heavy atom. The van der Waals surface area contributed by atoms with Gasteiger partial charge in [-0.2, -0.15) is 0 Å². The van der Waals surface area contributed by atoms with Crippen molar-refractivity contribution in [3.8, 4) is 0 Å². The van der Waals surface area contributed by atoms with Crippen molar-refractivity contribution in [1.82, 2.24) is 19.9 Å². The average molecular weight is 717 g/mol. The van der Waals surface area contributed by atoms with Crippen LogP contribution in [0.3, 0.4) is 0 Å². The second-order valence-electron chi connectivity index (χ2n) is 12.6. The molecule has 0 unspecified atom stereocenters. The molecule has 0 saturated carbocycles. The molecule has 1 aliphatic carbocycles. The van der Waals surface area contributed by atoms with Crippen LogP contribution in [0.15, 0.2) is 18.2 Å². The first-order valence-electron chi connectivity index (χ1n) is 15.5. The molecule has 0 spiro atoms. The van der Waals surface area contributed by atoms with Gasteiger partial charge in [0.25, 0.3) is 0 Å². The van der Waals surface area contributed by atoms with Crippen LogP contribution in [0.4, 0.5) is 0 Å². The van der Waals surface area contributed by atoms with Gasteiger partial charge >= 0.3 is 32.4 Å². The molecule has 46 heavy (non-hydrogen) atoms. The van der Waals surface area contributed by atoms with E-state index in [1.54, 1.807) is 6.92 Å². The van der Waals surface area contributed by atoms with Crippen molar-refractivity contribution in [2.75, 3.05) is 7.11 Å². The zero-order valence-corrected chi connectivity index (χ0v) is 28.5. The third-order valence-electron chi connectivity index (χ3n) is 10.1. The summed E-state index contributed by atoms with van der Waals surface area (Å²) in [6, 6.07) is 5.84. The fourth-order valence-electron chi connectivity index (χ4n) is 7.61. The molecule has 0 amide bonds. The Labute approximate surface area is 280 Å². The number of fused-ring (bicyclic) bond motifs is 8. The summed E-state index contributed by atoms with van der Waals surface area (Å²) in [5.74, 6) is -3.69. The number of nitrogens with zero attached hydrogens (tertiary/aromatic N) is 2. The summed E-state index contributed by atoms with van der Waals surface area (Å²) in [6.45, 7) is 11.5. The van der Waals surface area contributed by atoms with Crippen molar-refractivity contribution < 1.29 is 49.4 Å². The summed E-state index contributed by atoms with van der Waals surface area (Å²) in [7, 11) is 1.25. The number of Topliss-reactive ketones (excluding diaryl/α,β-unsaturated/α-hetero) is 2. The number of H-pyrrole nitrogens is 2. The molecule has 0 radical (unpaired) electrons. The number of carbonyl (C=O) groups excluding carboxylic acids is 3. The van der Waals surface area contributed by atoms with Crippen LogP contribution in [-0.2, 0) is 34.7 Å². The second-order valence-corrected chi connectivity index (χ2v) is 12.6. The molecule has 5 atom stereocenters. The molecular formula is C35H38N4O6Pd+2. The van der Waals surface area contributed by atoms with Crippen molar-refractivity contribution in [2.24, 2.45) is 0 Å². The molecule has 0 aromatic carbocycles. The van der Waals surface area contributed by atoms with E-state index in [0.717, 1.165) is 28.9 Å². The molecule has 242 valence electrons. The second kappa shape index (κ2) is 12.3. The third kappa shape index (κ3) is 5.14. The predicted molar refractivity (Wildman–Crippen MR) is 169 cm³/mol. The molecule has 3 aromatic rings. The number of methoxy groups -OCH3 is 1. The van der Waals surface area contributed by atoms with E-state index < -0.39 is 17.9 Å². The van der Waals surface area contributed by atoms with Crippen molar-refractivity contribution in [2.45, 2.75) is 90.4 Å². The predicted octanol–water partition coefficient (Wildman–Crippen LogP) is 6.63. The van der Waals surface area contributed by atoms with Gasteiger partial charge in [0.2, 0.25) is 0 Å². The molecule has 3 aromatic heterocycles. The Morgan fingerprint density at radius 1 is 0.913 bits per heavy atom. The Hall–Kier alpha value is -3.94. The van der Waals surface area contributed by atoms with Crippen LogP contribution in [-0.4, -0.2) is 55.7 Å². The number of ketones is 2. The molecule has 10 nitrogen and oxygen atoms in total. The maximum absolute atomic E-state index is 14.0.